The molecule has 4 aromatic rings. The van der Waals surface area contributed by atoms with E-state index in [2.05, 4.69) is 30.8 Å². The van der Waals surface area contributed by atoms with Gasteiger partial charge in [0.05, 0.1) is 34.9 Å². The summed E-state index contributed by atoms with van der Waals surface area (Å²) in [7, 11) is 0. The Hall–Kier alpha value is -4.58. The molecule has 38 heavy (non-hydrogen) atoms. The van der Waals surface area contributed by atoms with Gasteiger partial charge in [-0.15, -0.1) is 0 Å². The molecule has 1 amide bonds. The lowest BCUT2D eigenvalue weighted by Crippen LogP contribution is -2.43. The first-order chi connectivity index (χ1) is 17.9. The van der Waals surface area contributed by atoms with Gasteiger partial charge in [-0.3, -0.25) is 9.48 Å². The van der Waals surface area contributed by atoms with Crippen molar-refractivity contribution in [3.05, 3.63) is 54.2 Å². The molecular formula is C23H21F4N9O2. The molecule has 0 saturated carbocycles. The van der Waals surface area contributed by atoms with Gasteiger partial charge >= 0.3 is 6.18 Å². The van der Waals surface area contributed by atoms with Gasteiger partial charge in [-0.05, 0) is 12.0 Å². The van der Waals surface area contributed by atoms with Crippen LogP contribution in [0.1, 0.15) is 29.8 Å². The van der Waals surface area contributed by atoms with Crippen LogP contribution in [0.25, 0.3) is 16.9 Å². The van der Waals surface area contributed by atoms with E-state index in [0.29, 0.717) is 21.3 Å². The van der Waals surface area contributed by atoms with Crippen LogP contribution >= 0.6 is 0 Å². The van der Waals surface area contributed by atoms with Crippen molar-refractivity contribution in [3.8, 4) is 11.9 Å². The third-order valence-corrected chi connectivity index (χ3v) is 5.36. The average molecular weight is 531 g/mol. The van der Waals surface area contributed by atoms with E-state index >= 15 is 0 Å². The second kappa shape index (κ2) is 10.4. The molecule has 0 radical (unpaired) electrons. The van der Waals surface area contributed by atoms with Crippen LogP contribution in [0.2, 0.25) is 0 Å². The van der Waals surface area contributed by atoms with Gasteiger partial charge < -0.3 is 15.7 Å². The van der Waals surface area contributed by atoms with E-state index in [-0.39, 0.29) is 22.8 Å². The lowest BCUT2D eigenvalue weighted by Gasteiger charge is -2.20. The molecule has 198 valence electrons. The molecule has 11 nitrogen and oxygen atoms in total. The molecule has 0 aromatic carbocycles. The predicted octanol–water partition coefficient (Wildman–Crippen LogP) is 3.23. The van der Waals surface area contributed by atoms with E-state index in [1.54, 1.807) is 6.07 Å². The first-order valence-electron chi connectivity index (χ1n) is 11.2. The molecular weight excluding hydrogens is 510 g/mol. The number of pyridine rings is 2. The SMILES string of the molecule is CC(C)C(F)[C@@H](O)NC(=O)c1cnc(-n2ncc3cc(C#N)cnc32)cc1Nc1cnn(CC(F)(F)F)c1. The smallest absolute Gasteiger partial charge is 0.371 e. The number of amides is 1. The molecule has 0 aliphatic heterocycles. The van der Waals surface area contributed by atoms with Crippen molar-refractivity contribution in [3.63, 3.8) is 0 Å². The molecule has 4 aromatic heterocycles. The molecule has 0 bridgehead atoms. The highest BCUT2D eigenvalue weighted by atomic mass is 19.4. The van der Waals surface area contributed by atoms with Crippen molar-refractivity contribution in [2.75, 3.05) is 5.32 Å². The highest BCUT2D eigenvalue weighted by Gasteiger charge is 2.29. The highest BCUT2D eigenvalue weighted by molar-refractivity contribution is 6.00. The Balaban J connectivity index is 1.71. The van der Waals surface area contributed by atoms with Crippen LogP contribution < -0.4 is 10.6 Å². The standard InChI is InChI=1S/C23H21F4N9O2/c1-12(2)19(24)22(38)34-21(37)16-9-29-18(36-20-14(7-32-36)3-13(5-28)6-30-20)4-17(16)33-15-8-31-35(10-15)11-23(25,26)27/h3-4,6-10,12,19,22,38H,11H2,1-2H3,(H,29,33)(H,34,37)/t19?,22-/m1/s1. The maximum Gasteiger partial charge on any atom is 0.408 e. The number of hydrogen-bond acceptors (Lipinski definition) is 8. The average Bonchev–Trinajstić information content (AvgIpc) is 3.48. The summed E-state index contributed by atoms with van der Waals surface area (Å²) in [5, 5.41) is 32.6. The summed E-state index contributed by atoms with van der Waals surface area (Å²) in [5.74, 6) is -1.29. The van der Waals surface area contributed by atoms with Crippen LogP contribution in [0, 0.1) is 17.2 Å². The number of nitrogens with zero attached hydrogens (tertiary/aromatic N) is 7. The third kappa shape index (κ3) is 5.86. The lowest BCUT2D eigenvalue weighted by atomic mass is 10.1. The fourth-order valence-electron chi connectivity index (χ4n) is 3.50. The van der Waals surface area contributed by atoms with E-state index in [4.69, 9.17) is 5.26 Å². The van der Waals surface area contributed by atoms with Gasteiger partial charge in [0, 0.05) is 30.0 Å². The fraction of sp³-hybridized carbons (Fsp3) is 0.304. The van der Waals surface area contributed by atoms with Crippen molar-refractivity contribution < 1.29 is 27.5 Å². The second-order valence-electron chi connectivity index (χ2n) is 8.67. The number of nitrogens with one attached hydrogen (secondary N) is 2. The molecule has 15 heteroatoms. The number of carbonyl (C=O) groups excluding carboxylic acids is 1. The monoisotopic (exact) mass is 531 g/mol. The van der Waals surface area contributed by atoms with Gasteiger partial charge in [0.15, 0.2) is 17.7 Å². The van der Waals surface area contributed by atoms with Gasteiger partial charge in [0.25, 0.3) is 5.91 Å². The van der Waals surface area contributed by atoms with Gasteiger partial charge in [-0.25, -0.2) is 14.4 Å². The number of nitriles is 1. The van der Waals surface area contributed by atoms with Crippen molar-refractivity contribution in [1.82, 2.24) is 34.8 Å². The van der Waals surface area contributed by atoms with Crippen LogP contribution in [0.15, 0.2) is 43.1 Å². The molecule has 0 fully saturated rings. The van der Waals surface area contributed by atoms with E-state index in [1.165, 1.54) is 37.0 Å². The Morgan fingerprint density at radius 1 is 1.16 bits per heavy atom. The number of aliphatic hydroxyl groups excluding tert-OH is 1. The van der Waals surface area contributed by atoms with Gasteiger partial charge in [0.1, 0.15) is 18.8 Å². The first kappa shape index (κ1) is 26.5. The van der Waals surface area contributed by atoms with Crippen LogP contribution in [0.3, 0.4) is 0 Å². The van der Waals surface area contributed by atoms with Crippen molar-refractivity contribution in [2.24, 2.45) is 5.92 Å². The number of anilines is 2. The van der Waals surface area contributed by atoms with E-state index in [0.717, 1.165) is 18.6 Å². The topological polar surface area (TPSA) is 147 Å². The maximum atomic E-state index is 14.2. The van der Waals surface area contributed by atoms with E-state index in [9.17, 15) is 27.5 Å². The fourth-order valence-corrected chi connectivity index (χ4v) is 3.50. The normalized spacial score (nSPS) is 13.3. The minimum Gasteiger partial charge on any atom is -0.371 e. The number of hydrogen-bond donors (Lipinski definition) is 3. The lowest BCUT2D eigenvalue weighted by molar-refractivity contribution is -0.142. The van der Waals surface area contributed by atoms with Crippen LogP contribution in [-0.2, 0) is 6.54 Å². The molecule has 4 heterocycles. The summed E-state index contributed by atoms with van der Waals surface area (Å²) in [6, 6.07) is 4.93. The van der Waals surface area contributed by atoms with Gasteiger partial charge in [0.2, 0.25) is 0 Å². The number of alkyl halides is 4. The number of aliphatic hydroxyl groups is 1. The summed E-state index contributed by atoms with van der Waals surface area (Å²) in [5.41, 5.74) is 0.715. The molecule has 0 aliphatic carbocycles. The van der Waals surface area contributed by atoms with Gasteiger partial charge in [-0.2, -0.15) is 33.3 Å². The van der Waals surface area contributed by atoms with Crippen molar-refractivity contribution in [2.45, 2.75) is 39.0 Å². The Kier molecular flexibility index (Phi) is 7.26. The minimum absolute atomic E-state index is 0.0588. The number of fused-ring (bicyclic) bond motifs is 1. The van der Waals surface area contributed by atoms with Crippen molar-refractivity contribution >= 4 is 28.3 Å². The zero-order valence-corrected chi connectivity index (χ0v) is 20.0. The van der Waals surface area contributed by atoms with Crippen LogP contribution in [0.5, 0.6) is 0 Å². The third-order valence-electron chi connectivity index (χ3n) is 5.36. The summed E-state index contributed by atoms with van der Waals surface area (Å²) in [4.78, 5) is 21.4. The quantitative estimate of drug-likeness (QED) is 0.232. The molecule has 3 N–H and O–H groups in total. The number of halogens is 4. The largest absolute Gasteiger partial charge is 0.408 e. The second-order valence-corrected chi connectivity index (χ2v) is 8.67. The maximum absolute atomic E-state index is 14.2. The Morgan fingerprint density at radius 2 is 1.92 bits per heavy atom. The van der Waals surface area contributed by atoms with E-state index < -0.39 is 36.9 Å². The number of aromatic nitrogens is 6. The molecule has 4 rings (SSSR count). The van der Waals surface area contributed by atoms with Crippen molar-refractivity contribution in [1.29, 1.82) is 5.26 Å². The molecule has 2 atom stereocenters. The zero-order chi connectivity index (χ0) is 27.6. The van der Waals surface area contributed by atoms with Gasteiger partial charge in [-0.1, -0.05) is 13.8 Å². The molecule has 0 spiro atoms. The summed E-state index contributed by atoms with van der Waals surface area (Å²) in [6.07, 6.45) is -1.88. The molecule has 0 aliphatic rings. The van der Waals surface area contributed by atoms with Crippen LogP contribution in [0.4, 0.5) is 28.9 Å². The van der Waals surface area contributed by atoms with E-state index in [1.807, 2.05) is 6.07 Å². The predicted molar refractivity (Wildman–Crippen MR) is 126 cm³/mol. The molecule has 1 unspecified atom stereocenters. The molecule has 0 saturated heterocycles. The summed E-state index contributed by atoms with van der Waals surface area (Å²) in [6.45, 7) is 1.74. The van der Waals surface area contributed by atoms with Crippen LogP contribution in [-0.4, -0.2) is 59.1 Å². The Bertz CT molecular complexity index is 1510. The first-order valence-corrected chi connectivity index (χ1v) is 11.2. The zero-order valence-electron chi connectivity index (χ0n) is 20.0. The minimum atomic E-state index is -4.49. The number of rotatable bonds is 8. The Labute approximate surface area is 212 Å². The highest BCUT2D eigenvalue weighted by Crippen LogP contribution is 2.26. The number of carbonyl (C=O) groups is 1. The summed E-state index contributed by atoms with van der Waals surface area (Å²) < 4.78 is 54.4. The summed E-state index contributed by atoms with van der Waals surface area (Å²) >= 11 is 0. The Morgan fingerprint density at radius 3 is 2.61 bits per heavy atom.